The van der Waals surface area contributed by atoms with Gasteiger partial charge in [0.05, 0.1) is 0 Å². The van der Waals surface area contributed by atoms with Gasteiger partial charge in [-0.25, -0.2) is 0 Å². The van der Waals surface area contributed by atoms with E-state index in [2.05, 4.69) is 43.1 Å². The summed E-state index contributed by atoms with van der Waals surface area (Å²) in [5.41, 5.74) is 0. The van der Waals surface area contributed by atoms with E-state index in [1.54, 1.807) is 0 Å². The molecule has 1 rings (SSSR count). The van der Waals surface area contributed by atoms with Gasteiger partial charge in [0.1, 0.15) is 0 Å². The Balaban J connectivity index is 2.43. The molecule has 0 aromatic rings. The predicted octanol–water partition coefficient (Wildman–Crippen LogP) is 0.620. The molecule has 0 aromatic carbocycles. The van der Waals surface area contributed by atoms with Crippen LogP contribution < -0.4 is 5.32 Å². The van der Waals surface area contributed by atoms with E-state index in [0.29, 0.717) is 12.1 Å². The van der Waals surface area contributed by atoms with Crippen molar-refractivity contribution >= 4 is 0 Å². The third kappa shape index (κ3) is 3.95. The van der Waals surface area contributed by atoms with Gasteiger partial charge in [-0.05, 0) is 47.5 Å². The lowest BCUT2D eigenvalue weighted by Gasteiger charge is -2.29. The van der Waals surface area contributed by atoms with E-state index in [0.717, 1.165) is 6.54 Å². The van der Waals surface area contributed by atoms with Crippen LogP contribution in [0.25, 0.3) is 0 Å². The molecule has 1 aliphatic heterocycles. The fourth-order valence-electron chi connectivity index (χ4n) is 2.06. The molecule has 0 amide bonds. The lowest BCUT2D eigenvalue weighted by Crippen LogP contribution is -2.45. The molecule has 0 saturated carbocycles. The largest absolute Gasteiger partial charge is 0.311 e. The van der Waals surface area contributed by atoms with Crippen LogP contribution in [-0.4, -0.2) is 62.2 Å². The van der Waals surface area contributed by atoms with Crippen molar-refractivity contribution < 1.29 is 0 Å². The fourth-order valence-corrected chi connectivity index (χ4v) is 2.06. The monoisotopic (exact) mass is 199 g/mol. The molecule has 3 heteroatoms. The molecule has 0 aliphatic carbocycles. The highest BCUT2D eigenvalue weighted by molar-refractivity contribution is 4.79. The van der Waals surface area contributed by atoms with E-state index < -0.39 is 0 Å². The molecule has 1 aliphatic rings. The lowest BCUT2D eigenvalue weighted by molar-refractivity contribution is 0.203. The molecule has 0 bridgehead atoms. The highest BCUT2D eigenvalue weighted by Gasteiger charge is 2.19. The van der Waals surface area contributed by atoms with Crippen LogP contribution in [-0.2, 0) is 0 Å². The molecule has 14 heavy (non-hydrogen) atoms. The van der Waals surface area contributed by atoms with Gasteiger partial charge in [-0.2, -0.15) is 0 Å². The summed E-state index contributed by atoms with van der Waals surface area (Å²) in [6.07, 6.45) is 1.28. The second kappa shape index (κ2) is 5.69. The highest BCUT2D eigenvalue weighted by atomic mass is 15.2. The van der Waals surface area contributed by atoms with E-state index >= 15 is 0 Å². The van der Waals surface area contributed by atoms with Gasteiger partial charge in [0.25, 0.3) is 0 Å². The number of nitrogens with one attached hydrogen (secondary N) is 1. The molecule has 1 atom stereocenters. The van der Waals surface area contributed by atoms with Gasteiger partial charge in [-0.15, -0.1) is 0 Å². The second-order valence-corrected chi connectivity index (χ2v) is 4.86. The van der Waals surface area contributed by atoms with Crippen molar-refractivity contribution in [1.29, 1.82) is 0 Å². The van der Waals surface area contributed by atoms with E-state index in [-0.39, 0.29) is 0 Å². The summed E-state index contributed by atoms with van der Waals surface area (Å²) >= 11 is 0. The highest BCUT2D eigenvalue weighted by Crippen LogP contribution is 2.05. The Morgan fingerprint density at radius 1 is 1.43 bits per heavy atom. The van der Waals surface area contributed by atoms with Crippen molar-refractivity contribution in [3.05, 3.63) is 0 Å². The first-order chi connectivity index (χ1) is 6.59. The zero-order chi connectivity index (χ0) is 10.6. The Morgan fingerprint density at radius 3 is 2.71 bits per heavy atom. The minimum atomic E-state index is 0.634. The molecule has 1 unspecified atom stereocenters. The fraction of sp³-hybridized carbons (Fsp3) is 1.00. The first-order valence-electron chi connectivity index (χ1n) is 5.71. The minimum Gasteiger partial charge on any atom is -0.311 e. The minimum absolute atomic E-state index is 0.634. The summed E-state index contributed by atoms with van der Waals surface area (Å²) < 4.78 is 0. The zero-order valence-corrected chi connectivity index (χ0v) is 10.1. The van der Waals surface area contributed by atoms with Crippen LogP contribution in [0, 0.1) is 0 Å². The number of likely N-dealkylation sites (N-methyl/N-ethyl adjacent to an activating group) is 1. The van der Waals surface area contributed by atoms with Crippen LogP contribution in [0.4, 0.5) is 0 Å². The van der Waals surface area contributed by atoms with E-state index in [1.165, 1.54) is 26.1 Å². The van der Waals surface area contributed by atoms with Gasteiger partial charge < -0.3 is 10.2 Å². The molecular weight excluding hydrogens is 174 g/mol. The van der Waals surface area contributed by atoms with Gasteiger partial charge in [-0.3, -0.25) is 4.90 Å². The molecule has 84 valence electrons. The van der Waals surface area contributed by atoms with Crippen LogP contribution in [0.15, 0.2) is 0 Å². The quantitative estimate of drug-likeness (QED) is 0.719. The Labute approximate surface area is 88.5 Å². The first-order valence-corrected chi connectivity index (χ1v) is 5.71. The molecule has 0 aromatic heterocycles. The van der Waals surface area contributed by atoms with Crippen LogP contribution >= 0.6 is 0 Å². The lowest BCUT2D eigenvalue weighted by atomic mass is 10.2. The van der Waals surface area contributed by atoms with E-state index in [9.17, 15) is 0 Å². The Hall–Kier alpha value is -0.120. The maximum Gasteiger partial charge on any atom is 0.0322 e. The van der Waals surface area contributed by atoms with Gasteiger partial charge in [-0.1, -0.05) is 0 Å². The number of hydrogen-bond acceptors (Lipinski definition) is 3. The average molecular weight is 199 g/mol. The maximum atomic E-state index is 3.61. The molecule has 1 fully saturated rings. The first kappa shape index (κ1) is 12.0. The summed E-state index contributed by atoms with van der Waals surface area (Å²) in [5.74, 6) is 0. The maximum absolute atomic E-state index is 3.61. The Morgan fingerprint density at radius 2 is 2.14 bits per heavy atom. The van der Waals surface area contributed by atoms with Gasteiger partial charge in [0.2, 0.25) is 0 Å². The van der Waals surface area contributed by atoms with Crippen molar-refractivity contribution in [2.45, 2.75) is 32.4 Å². The number of rotatable bonds is 3. The molecular formula is C11H25N3. The molecule has 1 N–H and O–H groups in total. The van der Waals surface area contributed by atoms with Crippen molar-refractivity contribution in [1.82, 2.24) is 15.1 Å². The number of hydrogen-bond donors (Lipinski definition) is 1. The third-order valence-corrected chi connectivity index (χ3v) is 2.83. The van der Waals surface area contributed by atoms with E-state index in [4.69, 9.17) is 0 Å². The molecule has 1 saturated heterocycles. The summed E-state index contributed by atoms with van der Waals surface area (Å²) in [7, 11) is 4.29. The normalized spacial score (nSPS) is 25.7. The van der Waals surface area contributed by atoms with Crippen LogP contribution in [0.2, 0.25) is 0 Å². The summed E-state index contributed by atoms with van der Waals surface area (Å²) in [6, 6.07) is 1.31. The number of nitrogens with zero attached hydrogens (tertiary/aromatic N) is 2. The SMILES string of the molecule is CC(C)N1CCCNC(CN(C)C)C1. The molecule has 0 radical (unpaired) electrons. The van der Waals surface area contributed by atoms with Crippen LogP contribution in [0.5, 0.6) is 0 Å². The van der Waals surface area contributed by atoms with Crippen molar-refractivity contribution in [2.75, 3.05) is 40.3 Å². The van der Waals surface area contributed by atoms with Gasteiger partial charge in [0, 0.05) is 25.2 Å². The smallest absolute Gasteiger partial charge is 0.0322 e. The third-order valence-electron chi connectivity index (χ3n) is 2.83. The van der Waals surface area contributed by atoms with Crippen LogP contribution in [0.1, 0.15) is 20.3 Å². The van der Waals surface area contributed by atoms with E-state index in [1.807, 2.05) is 0 Å². The van der Waals surface area contributed by atoms with Crippen LogP contribution in [0.3, 0.4) is 0 Å². The zero-order valence-electron chi connectivity index (χ0n) is 10.1. The average Bonchev–Trinajstić information content (AvgIpc) is 2.28. The van der Waals surface area contributed by atoms with Crippen molar-refractivity contribution in [3.8, 4) is 0 Å². The molecule has 3 nitrogen and oxygen atoms in total. The standard InChI is InChI=1S/C11H25N3/c1-10(2)14-7-5-6-12-11(9-14)8-13(3)4/h10-12H,5-9H2,1-4H3. The summed E-state index contributed by atoms with van der Waals surface area (Å²) in [6.45, 7) is 9.32. The molecule has 1 heterocycles. The van der Waals surface area contributed by atoms with Crippen molar-refractivity contribution in [3.63, 3.8) is 0 Å². The summed E-state index contributed by atoms with van der Waals surface area (Å²) in [4.78, 5) is 4.84. The predicted molar refractivity (Wildman–Crippen MR) is 61.7 cm³/mol. The molecule has 0 spiro atoms. The Bertz CT molecular complexity index is 157. The van der Waals surface area contributed by atoms with Gasteiger partial charge in [0.15, 0.2) is 0 Å². The van der Waals surface area contributed by atoms with Crippen molar-refractivity contribution in [2.24, 2.45) is 0 Å². The summed E-state index contributed by atoms with van der Waals surface area (Å²) in [5, 5.41) is 3.61. The topological polar surface area (TPSA) is 18.5 Å². The van der Waals surface area contributed by atoms with Gasteiger partial charge >= 0.3 is 0 Å². The Kier molecular flexibility index (Phi) is 4.85. The second-order valence-electron chi connectivity index (χ2n) is 4.86.